The van der Waals surface area contributed by atoms with E-state index in [1.54, 1.807) is 6.07 Å². The topological polar surface area (TPSA) is 103 Å². The van der Waals surface area contributed by atoms with Crippen molar-refractivity contribution in [3.63, 3.8) is 0 Å². The minimum absolute atomic E-state index is 0. The lowest BCUT2D eigenvalue weighted by molar-refractivity contribution is 0.160. The molecule has 0 amide bonds. The van der Waals surface area contributed by atoms with E-state index in [2.05, 4.69) is 10.3 Å². The van der Waals surface area contributed by atoms with Crippen LogP contribution < -0.4 is 10.8 Å². The van der Waals surface area contributed by atoms with Crippen molar-refractivity contribution in [1.29, 1.82) is 0 Å². The van der Waals surface area contributed by atoms with Gasteiger partial charge in [0.25, 0.3) is 0 Å². The number of nitrogens with zero attached hydrogens (tertiary/aromatic N) is 1. The molecular formula is C8H12ClN2O4P. The highest BCUT2D eigenvalue weighted by atomic mass is 35.5. The number of aliphatic hydroxyl groups excluding tert-OH is 1. The van der Waals surface area contributed by atoms with Gasteiger partial charge in [0.2, 0.25) is 0 Å². The molecule has 0 radical (unpaired) electrons. The highest BCUT2D eigenvalue weighted by Crippen LogP contribution is 2.33. The zero-order chi connectivity index (χ0) is 11.1. The zero-order valence-electron chi connectivity index (χ0n) is 8.20. The van der Waals surface area contributed by atoms with E-state index < -0.39 is 13.7 Å². The Morgan fingerprint density at radius 1 is 1.44 bits per heavy atom. The van der Waals surface area contributed by atoms with Gasteiger partial charge in [-0.25, -0.2) is 4.98 Å². The molecule has 2 rings (SSSR count). The van der Waals surface area contributed by atoms with Gasteiger partial charge in [0, 0.05) is 13.1 Å². The molecule has 1 unspecified atom stereocenters. The highest BCUT2D eigenvalue weighted by Gasteiger charge is 2.24. The maximum Gasteiger partial charge on any atom is 0.374 e. The Bertz CT molecular complexity index is 436. The number of aromatic nitrogens is 1. The van der Waals surface area contributed by atoms with Crippen molar-refractivity contribution >= 4 is 25.4 Å². The summed E-state index contributed by atoms with van der Waals surface area (Å²) in [6.45, 7) is 0.908. The molecule has 1 aliphatic rings. The predicted molar refractivity (Wildman–Crippen MR) is 59.8 cm³/mol. The fourth-order valence-electron chi connectivity index (χ4n) is 1.53. The second-order valence-corrected chi connectivity index (χ2v) is 4.95. The molecule has 16 heavy (non-hydrogen) atoms. The lowest BCUT2D eigenvalue weighted by Gasteiger charge is -2.21. The summed E-state index contributed by atoms with van der Waals surface area (Å²) in [6.07, 6.45) is -0.805. The minimum atomic E-state index is -4.33. The molecule has 0 fully saturated rings. The zero-order valence-corrected chi connectivity index (χ0v) is 9.91. The van der Waals surface area contributed by atoms with Gasteiger partial charge in [-0.2, -0.15) is 0 Å². The van der Waals surface area contributed by atoms with E-state index in [-0.39, 0.29) is 17.8 Å². The summed E-state index contributed by atoms with van der Waals surface area (Å²) in [5.41, 5.74) is 0.836. The lowest BCUT2D eigenvalue weighted by Crippen LogP contribution is -2.30. The Labute approximate surface area is 98.3 Å². The lowest BCUT2D eigenvalue weighted by atomic mass is 10.1. The first-order valence-electron chi connectivity index (χ1n) is 4.43. The van der Waals surface area contributed by atoms with E-state index in [1.807, 2.05) is 0 Å². The van der Waals surface area contributed by atoms with Crippen LogP contribution in [0.3, 0.4) is 0 Å². The maximum absolute atomic E-state index is 11.0. The Hall–Kier alpha value is -0.490. The maximum atomic E-state index is 11.0. The molecule has 0 saturated heterocycles. The van der Waals surface area contributed by atoms with Crippen LogP contribution in [0.2, 0.25) is 0 Å². The van der Waals surface area contributed by atoms with Gasteiger partial charge in [0.05, 0.1) is 5.69 Å². The first kappa shape index (κ1) is 13.6. The van der Waals surface area contributed by atoms with Crippen molar-refractivity contribution in [3.05, 3.63) is 23.4 Å². The molecular weight excluding hydrogens is 255 g/mol. The minimum Gasteiger partial charge on any atom is -0.385 e. The largest absolute Gasteiger partial charge is 0.385 e. The summed E-state index contributed by atoms with van der Waals surface area (Å²) in [4.78, 5) is 21.7. The van der Waals surface area contributed by atoms with Crippen LogP contribution in [-0.4, -0.2) is 26.4 Å². The smallest absolute Gasteiger partial charge is 0.374 e. The molecule has 0 saturated carbocycles. The van der Waals surface area contributed by atoms with E-state index in [1.165, 1.54) is 6.07 Å². The molecule has 0 spiro atoms. The molecule has 0 aromatic carbocycles. The van der Waals surface area contributed by atoms with Crippen molar-refractivity contribution in [2.75, 3.05) is 6.54 Å². The van der Waals surface area contributed by atoms with Crippen molar-refractivity contribution in [3.8, 4) is 0 Å². The predicted octanol–water partition coefficient (Wildman–Crippen LogP) is -0.557. The van der Waals surface area contributed by atoms with E-state index >= 15 is 0 Å². The molecule has 0 aliphatic carbocycles. The van der Waals surface area contributed by atoms with Gasteiger partial charge in [-0.1, -0.05) is 6.07 Å². The van der Waals surface area contributed by atoms with Gasteiger partial charge in [-0.15, -0.1) is 12.4 Å². The van der Waals surface area contributed by atoms with Crippen LogP contribution in [0.1, 0.15) is 17.4 Å². The number of nitrogens with one attached hydrogen (secondary N) is 1. The van der Waals surface area contributed by atoms with Crippen molar-refractivity contribution < 1.29 is 19.5 Å². The number of rotatable bonds is 1. The van der Waals surface area contributed by atoms with Crippen LogP contribution in [0.5, 0.6) is 0 Å². The highest BCUT2D eigenvalue weighted by molar-refractivity contribution is 7.60. The fourth-order valence-corrected chi connectivity index (χ4v) is 2.04. The average molecular weight is 267 g/mol. The number of β-amino-alcohol motifs (C(OH)–C–C–N with tert-alkyl or cyclic N) is 1. The average Bonchev–Trinajstić information content (AvgIpc) is 2.16. The summed E-state index contributed by atoms with van der Waals surface area (Å²) >= 11 is 0. The van der Waals surface area contributed by atoms with E-state index in [4.69, 9.17) is 9.79 Å². The molecule has 0 bridgehead atoms. The summed E-state index contributed by atoms with van der Waals surface area (Å²) in [5, 5.41) is 12.5. The van der Waals surface area contributed by atoms with Gasteiger partial charge in [0.1, 0.15) is 6.10 Å². The molecule has 1 atom stereocenters. The molecule has 1 aromatic rings. The quantitative estimate of drug-likeness (QED) is 0.508. The summed E-state index contributed by atoms with van der Waals surface area (Å²) in [6, 6.07) is 2.87. The molecule has 1 aliphatic heterocycles. The van der Waals surface area contributed by atoms with Crippen LogP contribution in [0.25, 0.3) is 0 Å². The molecule has 90 valence electrons. The molecule has 2 heterocycles. The van der Waals surface area contributed by atoms with Crippen LogP contribution in [0, 0.1) is 0 Å². The molecule has 4 N–H and O–H groups in total. The number of aliphatic hydroxyl groups is 1. The second-order valence-electron chi connectivity index (χ2n) is 3.40. The van der Waals surface area contributed by atoms with Gasteiger partial charge in [-0.3, -0.25) is 4.57 Å². The van der Waals surface area contributed by atoms with Crippen LogP contribution in [0.4, 0.5) is 0 Å². The number of hydrogen-bond donors (Lipinski definition) is 4. The Morgan fingerprint density at radius 3 is 2.75 bits per heavy atom. The first-order valence-corrected chi connectivity index (χ1v) is 6.04. The second kappa shape index (κ2) is 4.79. The van der Waals surface area contributed by atoms with Crippen LogP contribution >= 0.6 is 20.0 Å². The third kappa shape index (κ3) is 2.60. The van der Waals surface area contributed by atoms with E-state index in [0.717, 1.165) is 5.56 Å². The fraction of sp³-hybridized carbons (Fsp3) is 0.375. The van der Waals surface area contributed by atoms with Crippen molar-refractivity contribution in [1.82, 2.24) is 10.3 Å². The number of pyridine rings is 1. The van der Waals surface area contributed by atoms with Crippen LogP contribution in [-0.2, 0) is 11.1 Å². The SMILES string of the molecule is Cl.O=P(O)(O)c1ccc2c(n1)C(O)CNC2. The van der Waals surface area contributed by atoms with Gasteiger partial charge in [-0.05, 0) is 11.6 Å². The monoisotopic (exact) mass is 266 g/mol. The third-order valence-electron chi connectivity index (χ3n) is 2.26. The molecule has 6 nitrogen and oxygen atoms in total. The van der Waals surface area contributed by atoms with Crippen LogP contribution in [0.15, 0.2) is 12.1 Å². The van der Waals surface area contributed by atoms with E-state index in [0.29, 0.717) is 18.8 Å². The Kier molecular flexibility index (Phi) is 4.07. The molecule has 1 aromatic heterocycles. The summed E-state index contributed by atoms with van der Waals surface area (Å²) in [5.74, 6) is 0. The number of halogens is 1. The van der Waals surface area contributed by atoms with Crippen molar-refractivity contribution in [2.24, 2.45) is 0 Å². The third-order valence-corrected chi connectivity index (χ3v) is 3.11. The van der Waals surface area contributed by atoms with Crippen molar-refractivity contribution in [2.45, 2.75) is 12.6 Å². The van der Waals surface area contributed by atoms with E-state index in [9.17, 15) is 9.67 Å². The molecule has 8 heteroatoms. The number of hydrogen-bond acceptors (Lipinski definition) is 4. The van der Waals surface area contributed by atoms with Gasteiger partial charge in [0.15, 0.2) is 5.44 Å². The normalized spacial score (nSPS) is 19.8. The Morgan fingerprint density at radius 2 is 2.12 bits per heavy atom. The standard InChI is InChI=1S/C8H11N2O4P.ClH/c11-6-4-9-3-5-1-2-7(10-8(5)6)15(12,13)14;/h1-2,6,9,11H,3-4H2,(H2,12,13,14);1H. The van der Waals surface area contributed by atoms with Gasteiger partial charge < -0.3 is 20.2 Å². The summed E-state index contributed by atoms with van der Waals surface area (Å²) in [7, 11) is -4.33. The summed E-state index contributed by atoms with van der Waals surface area (Å²) < 4.78 is 11.0. The van der Waals surface area contributed by atoms with Gasteiger partial charge >= 0.3 is 7.60 Å². The Balaban J connectivity index is 0.00000128. The first-order chi connectivity index (χ1) is 6.98. The number of fused-ring (bicyclic) bond motifs is 1.